The molecule has 1 aromatic rings. The molecule has 6 nitrogen and oxygen atoms in total. The van der Waals surface area contributed by atoms with E-state index in [2.05, 4.69) is 22.3 Å². The molecule has 92 valence electrons. The van der Waals surface area contributed by atoms with Crippen molar-refractivity contribution in [3.63, 3.8) is 0 Å². The van der Waals surface area contributed by atoms with Gasteiger partial charge >= 0.3 is 0 Å². The summed E-state index contributed by atoms with van der Waals surface area (Å²) in [5, 5.41) is 19.6. The molecule has 2 unspecified atom stereocenters. The van der Waals surface area contributed by atoms with Crippen LogP contribution in [0.2, 0.25) is 0 Å². The summed E-state index contributed by atoms with van der Waals surface area (Å²) in [6.07, 6.45) is 2.79. The van der Waals surface area contributed by atoms with Crippen LogP contribution in [0.4, 0.5) is 5.82 Å². The van der Waals surface area contributed by atoms with E-state index >= 15 is 0 Å². The van der Waals surface area contributed by atoms with E-state index in [1.807, 2.05) is 11.9 Å². The number of oxime groups is 1. The molecule has 0 aromatic carbocycles. The molecule has 3 N–H and O–H groups in total. The fourth-order valence-corrected chi connectivity index (χ4v) is 1.95. The van der Waals surface area contributed by atoms with Gasteiger partial charge in [-0.1, -0.05) is 12.1 Å². The van der Waals surface area contributed by atoms with Crippen LogP contribution < -0.4 is 10.6 Å². The lowest BCUT2D eigenvalue weighted by Gasteiger charge is -2.19. The normalized spacial score (nSPS) is 23.5. The largest absolute Gasteiger partial charge is 0.409 e. The predicted octanol–water partition coefficient (Wildman–Crippen LogP) is 0.663. The Labute approximate surface area is 100 Å². The molecule has 1 aromatic heterocycles. The topological polar surface area (TPSA) is 87.6 Å². The first-order valence-electron chi connectivity index (χ1n) is 5.64. The van der Waals surface area contributed by atoms with E-state index in [0.717, 1.165) is 12.5 Å². The molecular weight excluding hydrogens is 218 g/mol. The molecule has 0 aliphatic heterocycles. The Hall–Kier alpha value is -1.85. The van der Waals surface area contributed by atoms with Crippen LogP contribution in [-0.2, 0) is 0 Å². The van der Waals surface area contributed by atoms with Crippen molar-refractivity contribution in [2.75, 3.05) is 18.5 Å². The molecule has 0 saturated heterocycles. The number of rotatable bonds is 4. The minimum Gasteiger partial charge on any atom is -0.409 e. The lowest BCUT2D eigenvalue weighted by Crippen LogP contribution is -2.26. The monoisotopic (exact) mass is 235 g/mol. The summed E-state index contributed by atoms with van der Waals surface area (Å²) < 4.78 is 0. The third-order valence-corrected chi connectivity index (χ3v) is 3.23. The van der Waals surface area contributed by atoms with E-state index in [-0.39, 0.29) is 5.84 Å². The molecule has 1 heterocycles. The van der Waals surface area contributed by atoms with Crippen LogP contribution in [0.3, 0.4) is 0 Å². The molecular formula is C11H17N5O. The molecule has 1 fully saturated rings. The lowest BCUT2D eigenvalue weighted by molar-refractivity contribution is 0.318. The van der Waals surface area contributed by atoms with Gasteiger partial charge in [-0.3, -0.25) is 0 Å². The van der Waals surface area contributed by atoms with Crippen LogP contribution in [0.15, 0.2) is 17.4 Å². The highest BCUT2D eigenvalue weighted by atomic mass is 16.4. The average Bonchev–Trinajstić information content (AvgIpc) is 3.03. The van der Waals surface area contributed by atoms with Crippen LogP contribution >= 0.6 is 0 Å². The average molecular weight is 235 g/mol. The Bertz CT molecular complexity index is 434. The second-order valence-corrected chi connectivity index (χ2v) is 4.61. The maximum Gasteiger partial charge on any atom is 0.173 e. The summed E-state index contributed by atoms with van der Waals surface area (Å²) in [5.74, 6) is 2.20. The van der Waals surface area contributed by atoms with Gasteiger partial charge in [0.1, 0.15) is 0 Å². The van der Waals surface area contributed by atoms with E-state index in [1.165, 1.54) is 12.6 Å². The Morgan fingerprint density at radius 2 is 2.41 bits per heavy atom. The van der Waals surface area contributed by atoms with Crippen molar-refractivity contribution in [1.82, 2.24) is 10.2 Å². The Morgan fingerprint density at radius 3 is 3.00 bits per heavy atom. The molecule has 0 bridgehead atoms. The molecule has 0 spiro atoms. The first-order valence-corrected chi connectivity index (χ1v) is 5.64. The zero-order chi connectivity index (χ0) is 12.4. The van der Waals surface area contributed by atoms with Crippen LogP contribution in [-0.4, -0.2) is 34.8 Å². The maximum absolute atomic E-state index is 8.73. The van der Waals surface area contributed by atoms with Gasteiger partial charge in [0.05, 0.1) is 11.8 Å². The number of anilines is 1. The van der Waals surface area contributed by atoms with Crippen molar-refractivity contribution in [2.45, 2.75) is 13.3 Å². The molecule has 17 heavy (non-hydrogen) atoms. The number of nitrogens with two attached hydrogens (primary N) is 1. The van der Waals surface area contributed by atoms with E-state index in [9.17, 15) is 0 Å². The van der Waals surface area contributed by atoms with Crippen LogP contribution in [0.5, 0.6) is 0 Å². The van der Waals surface area contributed by atoms with Gasteiger partial charge in [0.2, 0.25) is 0 Å². The van der Waals surface area contributed by atoms with Crippen molar-refractivity contribution >= 4 is 11.7 Å². The molecule has 1 aliphatic rings. The van der Waals surface area contributed by atoms with Crippen LogP contribution in [0.25, 0.3) is 0 Å². The molecule has 6 heteroatoms. The number of hydrogen-bond donors (Lipinski definition) is 2. The van der Waals surface area contributed by atoms with Crippen molar-refractivity contribution < 1.29 is 5.21 Å². The van der Waals surface area contributed by atoms with Crippen molar-refractivity contribution in [3.05, 3.63) is 17.8 Å². The summed E-state index contributed by atoms with van der Waals surface area (Å²) in [4.78, 5) is 2.01. The van der Waals surface area contributed by atoms with E-state index in [4.69, 9.17) is 10.9 Å². The summed E-state index contributed by atoms with van der Waals surface area (Å²) in [5.41, 5.74) is 6.22. The zero-order valence-electron chi connectivity index (χ0n) is 10.0. The number of nitrogens with zero attached hydrogens (tertiary/aromatic N) is 4. The molecule has 1 saturated carbocycles. The van der Waals surface area contributed by atoms with Gasteiger partial charge in [-0.05, 0) is 24.3 Å². The minimum absolute atomic E-state index is 0.0607. The summed E-state index contributed by atoms with van der Waals surface area (Å²) in [7, 11) is 1.95. The highest BCUT2D eigenvalue weighted by Gasteiger charge is 2.33. The molecule has 1 aliphatic carbocycles. The third-order valence-electron chi connectivity index (χ3n) is 3.23. The van der Waals surface area contributed by atoms with E-state index in [1.54, 1.807) is 6.07 Å². The fraction of sp³-hybridized carbons (Fsp3) is 0.545. The third kappa shape index (κ3) is 2.46. The fourth-order valence-electron chi connectivity index (χ4n) is 1.95. The lowest BCUT2D eigenvalue weighted by atomic mass is 10.2. The van der Waals surface area contributed by atoms with Gasteiger partial charge in [0, 0.05) is 13.6 Å². The highest BCUT2D eigenvalue weighted by Crippen LogP contribution is 2.38. The predicted molar refractivity (Wildman–Crippen MR) is 65.1 cm³/mol. The molecule has 0 radical (unpaired) electrons. The van der Waals surface area contributed by atoms with Crippen molar-refractivity contribution in [3.8, 4) is 0 Å². The Kier molecular flexibility index (Phi) is 3.12. The van der Waals surface area contributed by atoms with Gasteiger partial charge in [-0.25, -0.2) is 0 Å². The second-order valence-electron chi connectivity index (χ2n) is 4.61. The summed E-state index contributed by atoms with van der Waals surface area (Å²) in [6.45, 7) is 3.16. The first kappa shape index (κ1) is 11.6. The first-order chi connectivity index (χ1) is 8.13. The molecule has 2 atom stereocenters. The van der Waals surface area contributed by atoms with Crippen molar-refractivity contribution in [2.24, 2.45) is 22.7 Å². The standard InChI is InChI=1S/C11H17N5O/c1-7-5-8(7)6-16(2)11-9(10(12)15-17)3-4-13-14-11/h3-4,7-8,17H,5-6H2,1-2H3,(H2,12,15). The number of amidine groups is 1. The van der Waals surface area contributed by atoms with Crippen molar-refractivity contribution in [1.29, 1.82) is 0 Å². The van der Waals surface area contributed by atoms with Gasteiger partial charge < -0.3 is 15.8 Å². The van der Waals surface area contributed by atoms with Gasteiger partial charge in [-0.15, -0.1) is 5.10 Å². The van der Waals surface area contributed by atoms with Gasteiger partial charge in [0.15, 0.2) is 11.7 Å². The summed E-state index contributed by atoms with van der Waals surface area (Å²) in [6, 6.07) is 1.70. The second kappa shape index (κ2) is 4.57. The smallest absolute Gasteiger partial charge is 0.173 e. The summed E-state index contributed by atoms with van der Waals surface area (Å²) >= 11 is 0. The van der Waals surface area contributed by atoms with Crippen LogP contribution in [0.1, 0.15) is 18.9 Å². The minimum atomic E-state index is 0.0607. The van der Waals surface area contributed by atoms with Gasteiger partial charge in [0.25, 0.3) is 0 Å². The Balaban J connectivity index is 2.19. The van der Waals surface area contributed by atoms with Crippen LogP contribution in [0, 0.1) is 11.8 Å². The maximum atomic E-state index is 8.73. The van der Waals surface area contributed by atoms with E-state index in [0.29, 0.717) is 17.3 Å². The molecule has 2 rings (SSSR count). The Morgan fingerprint density at radius 1 is 1.71 bits per heavy atom. The quantitative estimate of drug-likeness (QED) is 0.346. The molecule has 0 amide bonds. The number of hydrogen-bond acceptors (Lipinski definition) is 5. The SMILES string of the molecule is CC1CC1CN(C)c1nnccc1/C(N)=N/O. The van der Waals surface area contributed by atoms with E-state index < -0.39 is 0 Å². The highest BCUT2D eigenvalue weighted by molar-refractivity contribution is 6.01. The van der Waals surface area contributed by atoms with Gasteiger partial charge in [-0.2, -0.15) is 5.10 Å². The number of aromatic nitrogens is 2. The zero-order valence-corrected chi connectivity index (χ0v) is 10.0.